The standard InChI is InChI=1S/C20H30N2O9/c1-5-8-9-12(22-15(26)7-3)20(30)31-10-14(25)18(28)19(29)16(21-11(4)23)17(27)13(24)6-2/h6-7,12,14,16,18-19,25,28-29H,2-3,5,8-10H2,1,4H3,(H,21,23)(H,22,26)/t12?,14-,16+,18-,19-/m1/s1. The number of aliphatic hydroxyl groups is 3. The molecular weight excluding hydrogens is 412 g/mol. The third kappa shape index (κ3) is 9.64. The summed E-state index contributed by atoms with van der Waals surface area (Å²) in [5.41, 5.74) is 0. The number of esters is 1. The fourth-order valence-electron chi connectivity index (χ4n) is 2.46. The Kier molecular flexibility index (Phi) is 12.9. The van der Waals surface area contributed by atoms with Crippen molar-refractivity contribution in [3.05, 3.63) is 25.3 Å². The molecule has 0 aromatic rings. The van der Waals surface area contributed by atoms with Crippen molar-refractivity contribution in [1.82, 2.24) is 10.6 Å². The van der Waals surface area contributed by atoms with Crippen LogP contribution in [0.25, 0.3) is 0 Å². The quantitative estimate of drug-likeness (QED) is 0.112. The number of hydrogen-bond acceptors (Lipinski definition) is 9. The molecule has 0 aliphatic rings. The van der Waals surface area contributed by atoms with Gasteiger partial charge < -0.3 is 30.7 Å². The highest BCUT2D eigenvalue weighted by atomic mass is 16.5. The Morgan fingerprint density at radius 1 is 1.00 bits per heavy atom. The summed E-state index contributed by atoms with van der Waals surface area (Å²) < 4.78 is 4.91. The van der Waals surface area contributed by atoms with Gasteiger partial charge in [0.25, 0.3) is 0 Å². The zero-order chi connectivity index (χ0) is 24.1. The molecular formula is C20H30N2O9. The first kappa shape index (κ1) is 28.1. The Labute approximate surface area is 180 Å². The first-order valence-corrected chi connectivity index (χ1v) is 9.61. The van der Waals surface area contributed by atoms with Gasteiger partial charge in [-0.05, 0) is 18.6 Å². The maximum atomic E-state index is 12.2. The van der Waals surface area contributed by atoms with Crippen molar-refractivity contribution in [2.24, 2.45) is 0 Å². The van der Waals surface area contributed by atoms with E-state index < -0.39 is 66.4 Å². The minimum absolute atomic E-state index is 0.263. The molecule has 11 nitrogen and oxygen atoms in total. The molecule has 0 fully saturated rings. The summed E-state index contributed by atoms with van der Waals surface area (Å²) in [4.78, 5) is 58.6. The lowest BCUT2D eigenvalue weighted by molar-refractivity contribution is -0.157. The number of aliphatic hydroxyl groups excluding tert-OH is 3. The SMILES string of the molecule is C=CC(=O)NC(CCCC)C(=O)OC[C@@H](O)[C@@H](O)[C@H](O)[C@@H](NC(C)=O)C(=O)C(=O)C=C. The van der Waals surface area contributed by atoms with Crippen molar-refractivity contribution in [3.8, 4) is 0 Å². The zero-order valence-corrected chi connectivity index (χ0v) is 17.6. The van der Waals surface area contributed by atoms with Crippen LogP contribution in [0.3, 0.4) is 0 Å². The van der Waals surface area contributed by atoms with Gasteiger partial charge in [0.05, 0.1) is 0 Å². The van der Waals surface area contributed by atoms with E-state index in [-0.39, 0.29) is 6.42 Å². The molecule has 5 N–H and O–H groups in total. The van der Waals surface area contributed by atoms with E-state index in [0.29, 0.717) is 12.5 Å². The molecule has 0 aromatic heterocycles. The molecule has 0 bridgehead atoms. The highest BCUT2D eigenvalue weighted by molar-refractivity contribution is 6.43. The number of Topliss-reactive ketones (excluding diaryl/α,β-unsaturated/α-hetero) is 1. The maximum Gasteiger partial charge on any atom is 0.328 e. The van der Waals surface area contributed by atoms with Crippen molar-refractivity contribution >= 4 is 29.4 Å². The normalized spacial score (nSPS) is 15.4. The average molecular weight is 442 g/mol. The van der Waals surface area contributed by atoms with Crippen molar-refractivity contribution in [3.63, 3.8) is 0 Å². The third-order valence-electron chi connectivity index (χ3n) is 4.18. The minimum atomic E-state index is -2.09. The van der Waals surface area contributed by atoms with Crippen molar-refractivity contribution in [2.75, 3.05) is 6.61 Å². The van der Waals surface area contributed by atoms with Gasteiger partial charge in [0.1, 0.15) is 37.0 Å². The summed E-state index contributed by atoms with van der Waals surface area (Å²) >= 11 is 0. The van der Waals surface area contributed by atoms with Crippen LogP contribution in [-0.2, 0) is 28.7 Å². The fourth-order valence-corrected chi connectivity index (χ4v) is 2.46. The first-order valence-electron chi connectivity index (χ1n) is 9.61. The summed E-state index contributed by atoms with van der Waals surface area (Å²) in [5.74, 6) is -4.65. The monoisotopic (exact) mass is 442 g/mol. The van der Waals surface area contributed by atoms with Crippen LogP contribution in [0.4, 0.5) is 0 Å². The van der Waals surface area contributed by atoms with E-state index in [4.69, 9.17) is 4.74 Å². The molecule has 0 saturated heterocycles. The van der Waals surface area contributed by atoms with Crippen LogP contribution >= 0.6 is 0 Å². The molecule has 2 amide bonds. The Hall–Kier alpha value is -2.89. The van der Waals surface area contributed by atoms with Crippen LogP contribution in [0.1, 0.15) is 33.1 Å². The Bertz CT molecular complexity index is 692. The van der Waals surface area contributed by atoms with Crippen LogP contribution in [0.2, 0.25) is 0 Å². The zero-order valence-electron chi connectivity index (χ0n) is 17.6. The van der Waals surface area contributed by atoms with Crippen molar-refractivity contribution < 1.29 is 44.0 Å². The second-order valence-electron chi connectivity index (χ2n) is 6.70. The number of rotatable bonds is 15. The number of ketones is 2. The average Bonchev–Trinajstić information content (AvgIpc) is 2.75. The summed E-state index contributed by atoms with van der Waals surface area (Å²) in [5, 5.41) is 34.8. The van der Waals surface area contributed by atoms with E-state index in [1.807, 2.05) is 12.2 Å². The fraction of sp³-hybridized carbons (Fsp3) is 0.550. The highest BCUT2D eigenvalue weighted by Crippen LogP contribution is 2.10. The van der Waals surface area contributed by atoms with Gasteiger partial charge in [-0.2, -0.15) is 0 Å². The van der Waals surface area contributed by atoms with Gasteiger partial charge in [-0.15, -0.1) is 0 Å². The second kappa shape index (κ2) is 14.2. The van der Waals surface area contributed by atoms with Gasteiger partial charge in [-0.3, -0.25) is 19.2 Å². The molecule has 0 spiro atoms. The summed E-state index contributed by atoms with van der Waals surface area (Å²) in [6, 6.07) is -2.87. The van der Waals surface area contributed by atoms with Crippen LogP contribution < -0.4 is 10.6 Å². The predicted octanol–water partition coefficient (Wildman–Crippen LogP) is -1.70. The van der Waals surface area contributed by atoms with E-state index in [1.165, 1.54) is 0 Å². The number of carbonyl (C=O) groups is 5. The number of hydrogen-bond donors (Lipinski definition) is 5. The molecule has 174 valence electrons. The molecule has 0 saturated carbocycles. The van der Waals surface area contributed by atoms with E-state index in [2.05, 4.69) is 18.5 Å². The summed E-state index contributed by atoms with van der Waals surface area (Å²) in [6.45, 7) is 8.52. The van der Waals surface area contributed by atoms with E-state index >= 15 is 0 Å². The number of amides is 2. The van der Waals surface area contributed by atoms with Crippen LogP contribution in [0.15, 0.2) is 25.3 Å². The first-order chi connectivity index (χ1) is 14.5. The molecule has 0 radical (unpaired) electrons. The number of unbranched alkanes of at least 4 members (excludes halogenated alkanes) is 1. The lowest BCUT2D eigenvalue weighted by Crippen LogP contribution is -2.57. The molecule has 1 unspecified atom stereocenters. The van der Waals surface area contributed by atoms with Crippen LogP contribution in [0.5, 0.6) is 0 Å². The molecule has 0 rings (SSSR count). The molecule has 0 aliphatic heterocycles. The third-order valence-corrected chi connectivity index (χ3v) is 4.18. The van der Waals surface area contributed by atoms with Gasteiger partial charge in [0.15, 0.2) is 0 Å². The lowest BCUT2D eigenvalue weighted by atomic mass is 9.95. The van der Waals surface area contributed by atoms with Crippen molar-refractivity contribution in [1.29, 1.82) is 0 Å². The van der Waals surface area contributed by atoms with Gasteiger partial charge in [0, 0.05) is 6.92 Å². The largest absolute Gasteiger partial charge is 0.461 e. The van der Waals surface area contributed by atoms with Crippen LogP contribution in [-0.4, -0.2) is 81.7 Å². The van der Waals surface area contributed by atoms with Gasteiger partial charge in [-0.25, -0.2) is 4.79 Å². The minimum Gasteiger partial charge on any atom is -0.461 e. The Morgan fingerprint density at radius 2 is 1.61 bits per heavy atom. The Morgan fingerprint density at radius 3 is 2.10 bits per heavy atom. The number of carbonyl (C=O) groups excluding carboxylic acids is 5. The summed E-state index contributed by atoms with van der Waals surface area (Å²) in [7, 11) is 0. The highest BCUT2D eigenvalue weighted by Gasteiger charge is 2.38. The van der Waals surface area contributed by atoms with Gasteiger partial charge in [-0.1, -0.05) is 32.9 Å². The molecule has 11 heteroatoms. The summed E-state index contributed by atoms with van der Waals surface area (Å²) in [6.07, 6.45) is -2.79. The van der Waals surface area contributed by atoms with Crippen LogP contribution in [0, 0.1) is 0 Å². The maximum absolute atomic E-state index is 12.2. The molecule has 5 atom stereocenters. The van der Waals surface area contributed by atoms with E-state index in [9.17, 15) is 39.3 Å². The predicted molar refractivity (Wildman–Crippen MR) is 108 cm³/mol. The van der Waals surface area contributed by atoms with E-state index in [0.717, 1.165) is 19.4 Å². The second-order valence-corrected chi connectivity index (χ2v) is 6.70. The van der Waals surface area contributed by atoms with E-state index in [1.54, 1.807) is 0 Å². The number of nitrogens with one attached hydrogen (secondary N) is 2. The number of allylic oxidation sites excluding steroid dienone is 1. The lowest BCUT2D eigenvalue weighted by Gasteiger charge is -2.28. The van der Waals surface area contributed by atoms with Gasteiger partial charge >= 0.3 is 5.97 Å². The smallest absolute Gasteiger partial charge is 0.328 e. The molecule has 0 aliphatic carbocycles. The number of ether oxygens (including phenoxy) is 1. The molecule has 0 aromatic carbocycles. The molecule has 0 heterocycles. The molecule has 31 heavy (non-hydrogen) atoms. The topological polar surface area (TPSA) is 179 Å². The van der Waals surface area contributed by atoms with Gasteiger partial charge in [0.2, 0.25) is 23.4 Å². The van der Waals surface area contributed by atoms with Crippen molar-refractivity contribution in [2.45, 2.75) is 63.5 Å². The Balaban J connectivity index is 5.16.